The van der Waals surface area contributed by atoms with Gasteiger partial charge in [-0.2, -0.15) is 0 Å². The van der Waals surface area contributed by atoms with E-state index in [1.165, 1.54) is 11.6 Å². The van der Waals surface area contributed by atoms with Crippen molar-refractivity contribution in [2.45, 2.75) is 13.5 Å². The van der Waals surface area contributed by atoms with Crippen molar-refractivity contribution in [3.05, 3.63) is 76.0 Å². The lowest BCUT2D eigenvalue weighted by Crippen LogP contribution is -2.33. The quantitative estimate of drug-likeness (QED) is 0.536. The molecular weight excluding hydrogens is 418 g/mol. The highest BCUT2D eigenvalue weighted by molar-refractivity contribution is 7.89. The summed E-state index contributed by atoms with van der Waals surface area (Å²) in [5.74, 6) is -0.163. The van der Waals surface area contributed by atoms with E-state index in [1.54, 1.807) is 32.4 Å². The van der Waals surface area contributed by atoms with Gasteiger partial charge in [0.15, 0.2) is 0 Å². The average molecular weight is 444 g/mol. The molecule has 0 atom stereocenters. The van der Waals surface area contributed by atoms with Gasteiger partial charge >= 0.3 is 0 Å². The van der Waals surface area contributed by atoms with Crippen molar-refractivity contribution in [1.29, 1.82) is 0 Å². The number of benzene rings is 1. The Kier molecular flexibility index (Phi) is 6.71. The highest BCUT2D eigenvalue weighted by Gasteiger charge is 2.18. The number of carbonyl (C=O) groups is 1. The number of hydrogen-bond acceptors (Lipinski definition) is 5. The van der Waals surface area contributed by atoms with Gasteiger partial charge in [0.05, 0.1) is 5.75 Å². The van der Waals surface area contributed by atoms with E-state index in [0.29, 0.717) is 23.5 Å². The summed E-state index contributed by atoms with van der Waals surface area (Å²) >= 11 is 0. The molecule has 0 spiro atoms. The third-order valence-electron chi connectivity index (χ3n) is 4.79. The van der Waals surface area contributed by atoms with Crippen LogP contribution in [0.15, 0.2) is 53.6 Å². The van der Waals surface area contributed by atoms with Gasteiger partial charge in [-0.05, 0) is 25.6 Å². The summed E-state index contributed by atoms with van der Waals surface area (Å²) in [6, 6.07) is 11.5. The highest BCUT2D eigenvalue weighted by atomic mass is 32.2. The molecule has 0 aliphatic carbocycles. The first-order chi connectivity index (χ1) is 14.7. The van der Waals surface area contributed by atoms with E-state index in [-0.39, 0.29) is 23.6 Å². The van der Waals surface area contributed by atoms with Crippen LogP contribution in [-0.2, 0) is 23.6 Å². The van der Waals surface area contributed by atoms with Crippen LogP contribution in [0.3, 0.4) is 0 Å². The summed E-state index contributed by atoms with van der Waals surface area (Å²) in [6.45, 7) is 2.17. The maximum atomic E-state index is 12.6. The summed E-state index contributed by atoms with van der Waals surface area (Å²) in [4.78, 5) is 29.2. The number of carbonyl (C=O) groups excluding carboxylic acids is 1. The molecule has 31 heavy (non-hydrogen) atoms. The zero-order valence-electron chi connectivity index (χ0n) is 17.6. The smallest absolute Gasteiger partial charge is 0.271 e. The van der Waals surface area contributed by atoms with Crippen molar-refractivity contribution in [3.8, 4) is 11.4 Å². The fourth-order valence-electron chi connectivity index (χ4n) is 3.15. The third-order valence-corrected chi connectivity index (χ3v) is 6.16. The van der Waals surface area contributed by atoms with Crippen LogP contribution in [0, 0.1) is 6.92 Å². The molecule has 2 aromatic heterocycles. The van der Waals surface area contributed by atoms with Crippen molar-refractivity contribution >= 4 is 15.9 Å². The topological polar surface area (TPSA) is 115 Å². The Morgan fingerprint density at radius 2 is 1.87 bits per heavy atom. The summed E-state index contributed by atoms with van der Waals surface area (Å²) in [6.07, 6.45) is 3.31. The van der Waals surface area contributed by atoms with Crippen molar-refractivity contribution in [2.75, 3.05) is 19.3 Å². The number of aromatic nitrogens is 3. The van der Waals surface area contributed by atoms with E-state index >= 15 is 0 Å². The summed E-state index contributed by atoms with van der Waals surface area (Å²) in [7, 11) is -0.431. The molecule has 0 bridgehead atoms. The summed E-state index contributed by atoms with van der Waals surface area (Å²) < 4.78 is 28.6. The minimum absolute atomic E-state index is 0.0398. The molecule has 10 heteroatoms. The van der Waals surface area contributed by atoms with Gasteiger partial charge in [0.2, 0.25) is 10.0 Å². The number of imidazole rings is 1. The molecule has 2 heterocycles. The van der Waals surface area contributed by atoms with E-state index in [1.807, 2.05) is 34.9 Å². The molecule has 2 N–H and O–H groups in total. The van der Waals surface area contributed by atoms with Gasteiger partial charge in [-0.1, -0.05) is 30.3 Å². The van der Waals surface area contributed by atoms with Crippen molar-refractivity contribution in [2.24, 2.45) is 7.05 Å². The molecule has 0 saturated heterocycles. The maximum absolute atomic E-state index is 12.6. The van der Waals surface area contributed by atoms with Gasteiger partial charge < -0.3 is 14.5 Å². The molecular formula is C21H25N5O4S. The molecule has 0 radical (unpaired) electrons. The summed E-state index contributed by atoms with van der Waals surface area (Å²) in [5, 5.41) is 2.59. The van der Waals surface area contributed by atoms with Gasteiger partial charge in [-0.25, -0.2) is 18.1 Å². The lowest BCUT2D eigenvalue weighted by Gasteiger charge is -2.10. The van der Waals surface area contributed by atoms with Crippen molar-refractivity contribution in [3.63, 3.8) is 0 Å². The number of aryl methyl sites for hydroxylation is 2. The lowest BCUT2D eigenvalue weighted by atomic mass is 10.2. The zero-order valence-corrected chi connectivity index (χ0v) is 18.4. The number of amides is 1. The molecule has 0 saturated carbocycles. The normalized spacial score (nSPS) is 11.5. The first kappa shape index (κ1) is 22.4. The van der Waals surface area contributed by atoms with E-state index < -0.39 is 15.9 Å². The van der Waals surface area contributed by atoms with Gasteiger partial charge in [0.25, 0.3) is 11.5 Å². The standard InChI is InChI=1S/C21H25N5O4S/c1-15-11-17(13-25(3)21(15)28)19-24-18(20(27)23-9-10-31(29,30)22-2)14-26(19)12-16-7-5-4-6-8-16/h4-8,11,13-14,22H,9-10,12H2,1-3H3,(H,23,27). The van der Waals surface area contributed by atoms with E-state index in [2.05, 4.69) is 15.0 Å². The largest absolute Gasteiger partial charge is 0.350 e. The predicted octanol–water partition coefficient (Wildman–Crippen LogP) is 0.885. The Morgan fingerprint density at radius 3 is 2.52 bits per heavy atom. The van der Waals surface area contributed by atoms with E-state index in [0.717, 1.165) is 5.56 Å². The number of nitrogens with one attached hydrogen (secondary N) is 2. The van der Waals surface area contributed by atoms with Crippen LogP contribution in [0.5, 0.6) is 0 Å². The fourth-order valence-corrected chi connectivity index (χ4v) is 3.72. The van der Waals surface area contributed by atoms with Crippen molar-refractivity contribution in [1.82, 2.24) is 24.2 Å². The zero-order chi connectivity index (χ0) is 22.6. The van der Waals surface area contributed by atoms with Crippen LogP contribution in [0.4, 0.5) is 0 Å². The van der Waals surface area contributed by atoms with Crippen LogP contribution in [-0.4, -0.2) is 47.8 Å². The molecule has 1 aromatic carbocycles. The van der Waals surface area contributed by atoms with Gasteiger partial charge in [0, 0.05) is 43.7 Å². The Morgan fingerprint density at radius 1 is 1.16 bits per heavy atom. The second-order valence-corrected chi connectivity index (χ2v) is 9.22. The number of rotatable bonds is 8. The second-order valence-electron chi connectivity index (χ2n) is 7.17. The SMILES string of the molecule is CNS(=O)(=O)CCNC(=O)c1cn(Cc2ccccc2)c(-c2cc(C)c(=O)n(C)c2)n1. The Labute approximate surface area is 180 Å². The molecule has 0 fully saturated rings. The molecule has 164 valence electrons. The number of pyridine rings is 1. The van der Waals surface area contributed by atoms with Crippen LogP contribution in [0.2, 0.25) is 0 Å². The maximum Gasteiger partial charge on any atom is 0.271 e. The predicted molar refractivity (Wildman–Crippen MR) is 118 cm³/mol. The molecule has 0 unspecified atom stereocenters. The number of sulfonamides is 1. The van der Waals surface area contributed by atoms with Gasteiger partial charge in [0.1, 0.15) is 11.5 Å². The minimum atomic E-state index is -3.42. The monoisotopic (exact) mass is 443 g/mol. The Bertz CT molecular complexity index is 1220. The molecule has 3 aromatic rings. The van der Waals surface area contributed by atoms with Crippen LogP contribution >= 0.6 is 0 Å². The molecule has 3 rings (SSSR count). The fraction of sp³-hybridized carbons (Fsp3) is 0.286. The van der Waals surface area contributed by atoms with Crippen LogP contribution < -0.4 is 15.6 Å². The minimum Gasteiger partial charge on any atom is -0.350 e. The van der Waals surface area contributed by atoms with Gasteiger partial charge in [-0.15, -0.1) is 0 Å². The third kappa shape index (κ3) is 5.47. The van der Waals surface area contributed by atoms with Crippen molar-refractivity contribution < 1.29 is 13.2 Å². The number of hydrogen-bond donors (Lipinski definition) is 2. The van der Waals surface area contributed by atoms with E-state index in [9.17, 15) is 18.0 Å². The lowest BCUT2D eigenvalue weighted by molar-refractivity contribution is 0.0951. The molecule has 1 amide bonds. The van der Waals surface area contributed by atoms with E-state index in [4.69, 9.17) is 0 Å². The highest BCUT2D eigenvalue weighted by Crippen LogP contribution is 2.20. The van der Waals surface area contributed by atoms with Crippen LogP contribution in [0.1, 0.15) is 21.6 Å². The van der Waals surface area contributed by atoms with Gasteiger partial charge in [-0.3, -0.25) is 9.59 Å². The molecule has 0 aliphatic rings. The first-order valence-electron chi connectivity index (χ1n) is 9.68. The van der Waals surface area contributed by atoms with Crippen LogP contribution in [0.25, 0.3) is 11.4 Å². The second kappa shape index (κ2) is 9.27. The summed E-state index contributed by atoms with van der Waals surface area (Å²) in [5.41, 5.74) is 2.35. The number of nitrogens with zero attached hydrogens (tertiary/aromatic N) is 3. The molecule has 9 nitrogen and oxygen atoms in total. The molecule has 0 aliphatic heterocycles. The average Bonchev–Trinajstić information content (AvgIpc) is 3.16. The Hall–Kier alpha value is -3.24. The Balaban J connectivity index is 1.94. The first-order valence-corrected chi connectivity index (χ1v) is 11.3.